The van der Waals surface area contributed by atoms with Gasteiger partial charge in [-0.1, -0.05) is 52.8 Å². The van der Waals surface area contributed by atoms with Crippen molar-refractivity contribution >= 4 is 6.16 Å². The molecular formula is C15H22O3. The average Bonchev–Trinajstić information content (AvgIpc) is 2.25. The maximum Gasteiger partial charge on any atom is 0.513 e. The van der Waals surface area contributed by atoms with Crippen LogP contribution in [0.3, 0.4) is 0 Å². The molecule has 0 saturated heterocycles. The summed E-state index contributed by atoms with van der Waals surface area (Å²) in [6.07, 6.45) is -0.639. The van der Waals surface area contributed by atoms with Crippen molar-refractivity contribution in [3.63, 3.8) is 0 Å². The maximum absolute atomic E-state index is 11.6. The zero-order chi connectivity index (χ0) is 13.8. The van der Waals surface area contributed by atoms with Gasteiger partial charge in [-0.05, 0) is 17.4 Å². The van der Waals surface area contributed by atoms with Crippen molar-refractivity contribution in [1.29, 1.82) is 0 Å². The summed E-state index contributed by atoms with van der Waals surface area (Å²) in [4.78, 5) is 11.6. The third kappa shape index (κ3) is 4.40. The minimum atomic E-state index is -0.639. The van der Waals surface area contributed by atoms with Gasteiger partial charge in [0.25, 0.3) is 0 Å². The van der Waals surface area contributed by atoms with Crippen molar-refractivity contribution in [3.8, 4) is 5.75 Å². The molecule has 0 aliphatic heterocycles. The quantitative estimate of drug-likeness (QED) is 0.597. The highest BCUT2D eigenvalue weighted by Crippen LogP contribution is 2.31. The van der Waals surface area contributed by atoms with E-state index < -0.39 is 6.16 Å². The predicted octanol–water partition coefficient (Wildman–Crippen LogP) is 4.16. The highest BCUT2D eigenvalue weighted by atomic mass is 16.7. The summed E-state index contributed by atoms with van der Waals surface area (Å²) in [7, 11) is 0. The lowest BCUT2D eigenvalue weighted by Gasteiger charge is -2.21. The molecular weight excluding hydrogens is 228 g/mol. The minimum absolute atomic E-state index is 0.0745. The molecule has 18 heavy (non-hydrogen) atoms. The Morgan fingerprint density at radius 1 is 1.22 bits per heavy atom. The van der Waals surface area contributed by atoms with E-state index in [2.05, 4.69) is 20.8 Å². The normalized spacial score (nSPS) is 11.4. The van der Waals surface area contributed by atoms with Gasteiger partial charge in [-0.3, -0.25) is 0 Å². The Kier molecular flexibility index (Phi) is 4.76. The summed E-state index contributed by atoms with van der Waals surface area (Å²) < 4.78 is 10.3. The molecule has 100 valence electrons. The van der Waals surface area contributed by atoms with E-state index in [0.29, 0.717) is 18.3 Å². The number of carbonyl (C=O) groups excluding carboxylic acids is 1. The second-order valence-corrected chi connectivity index (χ2v) is 5.80. The van der Waals surface area contributed by atoms with E-state index in [1.807, 2.05) is 32.0 Å². The minimum Gasteiger partial charge on any atom is -0.434 e. The molecule has 0 aromatic heterocycles. The fraction of sp³-hybridized carbons (Fsp3) is 0.533. The van der Waals surface area contributed by atoms with Crippen LogP contribution in [-0.4, -0.2) is 12.8 Å². The predicted molar refractivity (Wildman–Crippen MR) is 72.0 cm³/mol. The first-order chi connectivity index (χ1) is 8.30. The third-order valence-corrected chi connectivity index (χ3v) is 2.42. The van der Waals surface area contributed by atoms with Crippen LogP contribution >= 0.6 is 0 Å². The van der Waals surface area contributed by atoms with Crippen molar-refractivity contribution < 1.29 is 14.3 Å². The zero-order valence-corrected chi connectivity index (χ0v) is 11.8. The second kappa shape index (κ2) is 5.89. The monoisotopic (exact) mass is 250 g/mol. The van der Waals surface area contributed by atoms with Crippen molar-refractivity contribution in [2.45, 2.75) is 40.0 Å². The summed E-state index contributed by atoms with van der Waals surface area (Å²) in [6, 6.07) is 7.54. The van der Waals surface area contributed by atoms with E-state index >= 15 is 0 Å². The molecule has 0 heterocycles. The van der Waals surface area contributed by atoms with Gasteiger partial charge < -0.3 is 9.47 Å². The van der Waals surface area contributed by atoms with Gasteiger partial charge >= 0.3 is 6.16 Å². The standard InChI is InChI=1S/C15H22O3/c1-11(2)10-17-14(16)18-13-9-7-6-8-12(13)15(3,4)5/h6-9,11H,10H2,1-5H3. The smallest absolute Gasteiger partial charge is 0.434 e. The molecule has 0 amide bonds. The van der Waals surface area contributed by atoms with E-state index in [4.69, 9.17) is 9.47 Å². The van der Waals surface area contributed by atoms with Gasteiger partial charge in [0.1, 0.15) is 5.75 Å². The van der Waals surface area contributed by atoms with Gasteiger partial charge in [0.2, 0.25) is 0 Å². The molecule has 0 fully saturated rings. The van der Waals surface area contributed by atoms with Crippen LogP contribution in [0.1, 0.15) is 40.2 Å². The fourth-order valence-corrected chi connectivity index (χ4v) is 1.53. The van der Waals surface area contributed by atoms with Crippen molar-refractivity contribution in [2.75, 3.05) is 6.61 Å². The van der Waals surface area contributed by atoms with Crippen LogP contribution in [0.4, 0.5) is 4.79 Å². The Hall–Kier alpha value is -1.51. The molecule has 0 N–H and O–H groups in total. The Morgan fingerprint density at radius 3 is 2.39 bits per heavy atom. The lowest BCUT2D eigenvalue weighted by molar-refractivity contribution is 0.0880. The Bertz CT molecular complexity index is 402. The highest BCUT2D eigenvalue weighted by molar-refractivity contribution is 5.64. The molecule has 0 aliphatic rings. The highest BCUT2D eigenvalue weighted by Gasteiger charge is 2.20. The van der Waals surface area contributed by atoms with Crippen LogP contribution in [-0.2, 0) is 10.2 Å². The average molecular weight is 250 g/mol. The molecule has 1 rings (SSSR count). The lowest BCUT2D eigenvalue weighted by atomic mass is 9.86. The Morgan fingerprint density at radius 2 is 1.83 bits per heavy atom. The molecule has 0 saturated carbocycles. The number of hydrogen-bond acceptors (Lipinski definition) is 3. The first kappa shape index (κ1) is 14.6. The second-order valence-electron chi connectivity index (χ2n) is 5.80. The van der Waals surface area contributed by atoms with Gasteiger partial charge in [-0.25, -0.2) is 4.79 Å². The number of para-hydroxylation sites is 1. The van der Waals surface area contributed by atoms with Gasteiger partial charge in [0.15, 0.2) is 0 Å². The molecule has 0 radical (unpaired) electrons. The molecule has 0 spiro atoms. The Labute approximate surface area is 109 Å². The van der Waals surface area contributed by atoms with E-state index in [-0.39, 0.29) is 5.41 Å². The molecule has 1 aromatic rings. The summed E-state index contributed by atoms with van der Waals surface area (Å²) in [6.45, 7) is 10.6. The van der Waals surface area contributed by atoms with Crippen LogP contribution in [0.2, 0.25) is 0 Å². The third-order valence-electron chi connectivity index (χ3n) is 2.42. The van der Waals surface area contributed by atoms with E-state index in [1.165, 1.54) is 0 Å². The zero-order valence-electron chi connectivity index (χ0n) is 11.8. The fourth-order valence-electron chi connectivity index (χ4n) is 1.53. The van der Waals surface area contributed by atoms with E-state index in [1.54, 1.807) is 6.07 Å². The van der Waals surface area contributed by atoms with Crippen LogP contribution in [0.15, 0.2) is 24.3 Å². The van der Waals surface area contributed by atoms with Crippen molar-refractivity contribution in [3.05, 3.63) is 29.8 Å². The number of rotatable bonds is 3. The molecule has 3 heteroatoms. The number of benzene rings is 1. The van der Waals surface area contributed by atoms with Crippen LogP contribution in [0.5, 0.6) is 5.75 Å². The van der Waals surface area contributed by atoms with Gasteiger partial charge in [-0.15, -0.1) is 0 Å². The molecule has 1 aromatic carbocycles. The van der Waals surface area contributed by atoms with Crippen LogP contribution in [0.25, 0.3) is 0 Å². The van der Waals surface area contributed by atoms with Crippen molar-refractivity contribution in [2.24, 2.45) is 5.92 Å². The molecule has 0 aliphatic carbocycles. The Balaban J connectivity index is 2.76. The topological polar surface area (TPSA) is 35.5 Å². The molecule has 0 atom stereocenters. The van der Waals surface area contributed by atoms with Crippen LogP contribution < -0.4 is 4.74 Å². The maximum atomic E-state index is 11.6. The van der Waals surface area contributed by atoms with E-state index in [9.17, 15) is 4.79 Å². The summed E-state index contributed by atoms with van der Waals surface area (Å²) in [5.74, 6) is 0.870. The van der Waals surface area contributed by atoms with Gasteiger partial charge in [0, 0.05) is 5.56 Å². The lowest BCUT2D eigenvalue weighted by Crippen LogP contribution is -2.18. The molecule has 0 unspecified atom stereocenters. The first-order valence-corrected chi connectivity index (χ1v) is 6.25. The number of carbonyl (C=O) groups is 1. The number of ether oxygens (including phenoxy) is 2. The number of hydrogen-bond donors (Lipinski definition) is 0. The molecule has 0 bridgehead atoms. The van der Waals surface area contributed by atoms with Crippen LogP contribution in [0, 0.1) is 5.92 Å². The first-order valence-electron chi connectivity index (χ1n) is 6.25. The van der Waals surface area contributed by atoms with Gasteiger partial charge in [0.05, 0.1) is 6.61 Å². The largest absolute Gasteiger partial charge is 0.513 e. The summed E-state index contributed by atoms with van der Waals surface area (Å²) >= 11 is 0. The summed E-state index contributed by atoms with van der Waals surface area (Å²) in [5, 5.41) is 0. The van der Waals surface area contributed by atoms with Crippen molar-refractivity contribution in [1.82, 2.24) is 0 Å². The van der Waals surface area contributed by atoms with Gasteiger partial charge in [-0.2, -0.15) is 0 Å². The summed E-state index contributed by atoms with van der Waals surface area (Å²) in [5.41, 5.74) is 0.918. The van der Waals surface area contributed by atoms with E-state index in [0.717, 1.165) is 5.56 Å². The molecule has 3 nitrogen and oxygen atoms in total. The SMILES string of the molecule is CC(C)COC(=O)Oc1ccccc1C(C)(C)C.